The zero-order valence-corrected chi connectivity index (χ0v) is 11.6. The van der Waals surface area contributed by atoms with Crippen LogP contribution in [0, 0.1) is 0 Å². The summed E-state index contributed by atoms with van der Waals surface area (Å²) in [5.74, 6) is 0.449. The SMILES string of the molecule is CCCOc1cncc(C(=O)c2cnn3ccncc23)c1. The number of fused-ring (bicyclic) bond motifs is 1. The molecule has 0 spiro atoms. The number of ketones is 1. The predicted octanol–water partition coefficient (Wildman–Crippen LogP) is 2.14. The summed E-state index contributed by atoms with van der Waals surface area (Å²) in [4.78, 5) is 20.7. The number of hydrogen-bond donors (Lipinski definition) is 0. The molecule has 0 unspecified atom stereocenters. The van der Waals surface area contributed by atoms with Crippen LogP contribution in [0.5, 0.6) is 5.75 Å². The van der Waals surface area contributed by atoms with Gasteiger partial charge in [-0.15, -0.1) is 0 Å². The van der Waals surface area contributed by atoms with Gasteiger partial charge in [0.1, 0.15) is 5.75 Å². The summed E-state index contributed by atoms with van der Waals surface area (Å²) in [7, 11) is 0. The number of aromatic nitrogens is 4. The second-order valence-corrected chi connectivity index (χ2v) is 4.55. The van der Waals surface area contributed by atoms with Crippen molar-refractivity contribution in [3.05, 3.63) is 54.4 Å². The topological polar surface area (TPSA) is 69.4 Å². The highest BCUT2D eigenvalue weighted by Gasteiger charge is 2.15. The van der Waals surface area contributed by atoms with Crippen LogP contribution in [0.25, 0.3) is 5.52 Å². The monoisotopic (exact) mass is 282 g/mol. The maximum Gasteiger partial charge on any atom is 0.198 e. The van der Waals surface area contributed by atoms with Gasteiger partial charge in [0.05, 0.1) is 36.3 Å². The van der Waals surface area contributed by atoms with Crippen LogP contribution in [0.3, 0.4) is 0 Å². The molecule has 6 heteroatoms. The molecule has 0 N–H and O–H groups in total. The van der Waals surface area contributed by atoms with E-state index in [-0.39, 0.29) is 5.78 Å². The maximum atomic E-state index is 12.6. The third-order valence-corrected chi connectivity index (χ3v) is 3.02. The summed E-state index contributed by atoms with van der Waals surface area (Å²) in [5.41, 5.74) is 1.64. The van der Waals surface area contributed by atoms with E-state index >= 15 is 0 Å². The second kappa shape index (κ2) is 5.70. The molecule has 0 aromatic carbocycles. The molecule has 21 heavy (non-hydrogen) atoms. The van der Waals surface area contributed by atoms with Crippen molar-refractivity contribution in [2.75, 3.05) is 6.61 Å². The van der Waals surface area contributed by atoms with Gasteiger partial charge in [-0.3, -0.25) is 14.8 Å². The zero-order valence-electron chi connectivity index (χ0n) is 11.6. The van der Waals surface area contributed by atoms with Gasteiger partial charge in [-0.25, -0.2) is 4.52 Å². The van der Waals surface area contributed by atoms with Crippen LogP contribution in [0.1, 0.15) is 29.3 Å². The van der Waals surface area contributed by atoms with Crippen LogP contribution in [-0.4, -0.2) is 32.0 Å². The van der Waals surface area contributed by atoms with Gasteiger partial charge < -0.3 is 4.74 Å². The van der Waals surface area contributed by atoms with E-state index in [9.17, 15) is 4.79 Å². The molecule has 0 atom stereocenters. The standard InChI is InChI=1S/C15H14N4O2/c1-2-5-21-12-6-11(7-17-8-12)15(20)13-9-18-19-4-3-16-10-14(13)19/h3-4,6-10H,2,5H2,1H3. The summed E-state index contributed by atoms with van der Waals surface area (Å²) in [5, 5.41) is 4.14. The third-order valence-electron chi connectivity index (χ3n) is 3.02. The number of ether oxygens (including phenoxy) is 1. The Labute approximate surface area is 121 Å². The van der Waals surface area contributed by atoms with Crippen molar-refractivity contribution >= 4 is 11.3 Å². The Kier molecular flexibility index (Phi) is 3.59. The van der Waals surface area contributed by atoms with Crippen molar-refractivity contribution in [2.24, 2.45) is 0 Å². The summed E-state index contributed by atoms with van der Waals surface area (Å²) < 4.78 is 7.12. The van der Waals surface area contributed by atoms with Gasteiger partial charge in [0.25, 0.3) is 0 Å². The Hall–Kier alpha value is -2.76. The number of pyridine rings is 1. The van der Waals surface area contributed by atoms with E-state index in [1.54, 1.807) is 41.6 Å². The van der Waals surface area contributed by atoms with Gasteiger partial charge >= 0.3 is 0 Å². The summed E-state index contributed by atoms with van der Waals surface area (Å²) in [6.45, 7) is 2.62. The lowest BCUT2D eigenvalue weighted by Crippen LogP contribution is -2.03. The van der Waals surface area contributed by atoms with Crippen molar-refractivity contribution in [3.63, 3.8) is 0 Å². The van der Waals surface area contributed by atoms with Gasteiger partial charge in [-0.1, -0.05) is 6.92 Å². The Bertz CT molecular complexity index is 782. The molecule has 0 bridgehead atoms. The second-order valence-electron chi connectivity index (χ2n) is 4.55. The molecular formula is C15H14N4O2. The number of carbonyl (C=O) groups excluding carboxylic acids is 1. The molecule has 0 saturated heterocycles. The van der Waals surface area contributed by atoms with Crippen molar-refractivity contribution in [1.82, 2.24) is 19.6 Å². The van der Waals surface area contributed by atoms with Crippen molar-refractivity contribution in [1.29, 1.82) is 0 Å². The molecule has 0 saturated carbocycles. The van der Waals surface area contributed by atoms with Gasteiger partial charge in [0.2, 0.25) is 0 Å². The summed E-state index contributed by atoms with van der Waals surface area (Å²) >= 11 is 0. The number of nitrogens with zero attached hydrogens (tertiary/aromatic N) is 4. The minimum absolute atomic E-state index is 0.146. The van der Waals surface area contributed by atoms with Crippen molar-refractivity contribution < 1.29 is 9.53 Å². The highest BCUT2D eigenvalue weighted by Crippen LogP contribution is 2.18. The van der Waals surface area contributed by atoms with Crippen LogP contribution >= 0.6 is 0 Å². The lowest BCUT2D eigenvalue weighted by Gasteiger charge is -2.05. The van der Waals surface area contributed by atoms with Crippen LogP contribution in [-0.2, 0) is 0 Å². The van der Waals surface area contributed by atoms with Gasteiger partial charge in [-0.2, -0.15) is 5.10 Å². The van der Waals surface area contributed by atoms with Crippen LogP contribution < -0.4 is 4.74 Å². The quantitative estimate of drug-likeness (QED) is 0.671. The zero-order chi connectivity index (χ0) is 14.7. The Morgan fingerprint density at radius 2 is 2.14 bits per heavy atom. The van der Waals surface area contributed by atoms with E-state index in [2.05, 4.69) is 15.1 Å². The predicted molar refractivity (Wildman–Crippen MR) is 76.4 cm³/mol. The normalized spacial score (nSPS) is 10.7. The molecule has 0 fully saturated rings. The molecule has 0 aliphatic carbocycles. The minimum Gasteiger partial charge on any atom is -0.492 e. The fourth-order valence-corrected chi connectivity index (χ4v) is 2.01. The highest BCUT2D eigenvalue weighted by molar-refractivity contribution is 6.12. The molecular weight excluding hydrogens is 268 g/mol. The maximum absolute atomic E-state index is 12.6. The van der Waals surface area contributed by atoms with Crippen LogP contribution in [0.15, 0.2) is 43.2 Å². The molecule has 3 heterocycles. The first-order chi connectivity index (χ1) is 10.3. The van der Waals surface area contributed by atoms with E-state index in [4.69, 9.17) is 4.74 Å². The first-order valence-electron chi connectivity index (χ1n) is 6.69. The fraction of sp³-hybridized carbons (Fsp3) is 0.200. The Morgan fingerprint density at radius 1 is 1.24 bits per heavy atom. The lowest BCUT2D eigenvalue weighted by atomic mass is 10.1. The first kappa shape index (κ1) is 13.2. The molecule has 3 rings (SSSR count). The summed E-state index contributed by atoms with van der Waals surface area (Å²) in [6.07, 6.45) is 10.5. The molecule has 6 nitrogen and oxygen atoms in total. The molecule has 106 valence electrons. The van der Waals surface area contributed by atoms with E-state index in [0.29, 0.717) is 29.0 Å². The molecule has 0 radical (unpaired) electrons. The Morgan fingerprint density at radius 3 is 3.00 bits per heavy atom. The van der Waals surface area contributed by atoms with Gasteiger partial charge in [-0.05, 0) is 12.5 Å². The van der Waals surface area contributed by atoms with Crippen LogP contribution in [0.4, 0.5) is 0 Å². The first-order valence-corrected chi connectivity index (χ1v) is 6.69. The molecule has 0 aliphatic rings. The third kappa shape index (κ3) is 2.60. The molecule has 0 amide bonds. The number of hydrogen-bond acceptors (Lipinski definition) is 5. The average molecular weight is 282 g/mol. The van der Waals surface area contributed by atoms with Crippen molar-refractivity contribution in [2.45, 2.75) is 13.3 Å². The molecule has 0 aliphatic heterocycles. The summed E-state index contributed by atoms with van der Waals surface area (Å²) in [6, 6.07) is 1.70. The van der Waals surface area contributed by atoms with Crippen molar-refractivity contribution in [3.8, 4) is 5.75 Å². The Balaban J connectivity index is 1.94. The van der Waals surface area contributed by atoms with E-state index < -0.39 is 0 Å². The number of carbonyl (C=O) groups is 1. The molecule has 3 aromatic rings. The van der Waals surface area contributed by atoms with E-state index in [1.165, 1.54) is 6.20 Å². The van der Waals surface area contributed by atoms with Crippen LogP contribution in [0.2, 0.25) is 0 Å². The van der Waals surface area contributed by atoms with E-state index in [1.807, 2.05) is 6.92 Å². The highest BCUT2D eigenvalue weighted by atomic mass is 16.5. The van der Waals surface area contributed by atoms with Gasteiger partial charge in [0, 0.05) is 24.2 Å². The largest absolute Gasteiger partial charge is 0.492 e. The minimum atomic E-state index is -0.146. The fourth-order valence-electron chi connectivity index (χ4n) is 2.01. The number of rotatable bonds is 5. The average Bonchev–Trinajstić information content (AvgIpc) is 2.96. The molecule has 3 aromatic heterocycles. The smallest absolute Gasteiger partial charge is 0.198 e. The van der Waals surface area contributed by atoms with E-state index in [0.717, 1.165) is 6.42 Å². The van der Waals surface area contributed by atoms with Gasteiger partial charge in [0.15, 0.2) is 5.78 Å². The lowest BCUT2D eigenvalue weighted by molar-refractivity contribution is 0.103.